The number of rotatable bonds is 1. The Bertz CT molecular complexity index is 1900. The largest absolute Gasteiger partial charge is 0.452 e. The molecule has 0 aliphatic heterocycles. The lowest BCUT2D eigenvalue weighted by Crippen LogP contribution is -2.16. The number of nitrogens with zero attached hydrogens (tertiary/aromatic N) is 3. The number of fused-ring (bicyclic) bond motifs is 8. The molecule has 0 aliphatic rings. The van der Waals surface area contributed by atoms with Gasteiger partial charge >= 0.3 is 0 Å². The maximum atomic E-state index is 6.28. The predicted molar refractivity (Wildman–Crippen MR) is 140 cm³/mol. The predicted octanol–water partition coefficient (Wildman–Crippen LogP) is 7.92. The van der Waals surface area contributed by atoms with Crippen LogP contribution < -0.4 is 0 Å². The molecule has 3 heterocycles. The molecule has 0 bridgehead atoms. The molecule has 7 aromatic rings. The van der Waals surface area contributed by atoms with Crippen LogP contribution in [0.1, 0.15) is 26.5 Å². The van der Waals surface area contributed by atoms with Gasteiger partial charge in [0.2, 0.25) is 5.95 Å². The molecule has 0 fully saturated rings. The van der Waals surface area contributed by atoms with Crippen molar-refractivity contribution in [2.75, 3.05) is 0 Å². The van der Waals surface area contributed by atoms with Crippen molar-refractivity contribution in [1.29, 1.82) is 0 Å². The van der Waals surface area contributed by atoms with Crippen LogP contribution in [-0.2, 0) is 5.41 Å². The summed E-state index contributed by atoms with van der Waals surface area (Å²) >= 11 is 0. The second-order valence-corrected chi connectivity index (χ2v) is 9.93. The summed E-state index contributed by atoms with van der Waals surface area (Å²) in [5, 5.41) is 5.91. The lowest BCUT2D eigenvalue weighted by Gasteiger charge is -2.19. The maximum Gasteiger partial charge on any atom is 0.235 e. The molecular weight excluding hydrogens is 418 g/mol. The first-order valence-corrected chi connectivity index (χ1v) is 11.6. The van der Waals surface area contributed by atoms with Gasteiger partial charge in [0.1, 0.15) is 11.1 Å². The van der Waals surface area contributed by atoms with Gasteiger partial charge in [-0.1, -0.05) is 81.4 Å². The van der Waals surface area contributed by atoms with E-state index in [1.54, 1.807) is 0 Å². The zero-order valence-electron chi connectivity index (χ0n) is 19.3. The van der Waals surface area contributed by atoms with Crippen LogP contribution in [0.2, 0.25) is 0 Å². The lowest BCUT2D eigenvalue weighted by atomic mass is 9.91. The first kappa shape index (κ1) is 19.3. The molecule has 0 saturated carbocycles. The number of benzene rings is 4. The van der Waals surface area contributed by atoms with Gasteiger partial charge < -0.3 is 4.42 Å². The Morgan fingerprint density at radius 1 is 0.676 bits per heavy atom. The Hall–Kier alpha value is -4.18. The monoisotopic (exact) mass is 441 g/mol. The van der Waals surface area contributed by atoms with Gasteiger partial charge in [-0.15, -0.1) is 0 Å². The van der Waals surface area contributed by atoms with Crippen LogP contribution >= 0.6 is 0 Å². The van der Waals surface area contributed by atoms with Crippen LogP contribution in [0.5, 0.6) is 0 Å². The SMILES string of the molecule is CC(C)(C)c1nc(-n2c3ccccc3c3c4ccccc4ccc32)nc2c1oc1ccccc12. The third-order valence-electron chi connectivity index (χ3n) is 6.68. The van der Waals surface area contributed by atoms with Crippen molar-refractivity contribution >= 4 is 54.6 Å². The summed E-state index contributed by atoms with van der Waals surface area (Å²) in [7, 11) is 0. The van der Waals surface area contributed by atoms with Gasteiger partial charge in [0.05, 0.1) is 16.7 Å². The highest BCUT2D eigenvalue weighted by atomic mass is 16.3. The van der Waals surface area contributed by atoms with Crippen LogP contribution in [0.15, 0.2) is 89.3 Å². The molecule has 3 aromatic heterocycles. The first-order chi connectivity index (χ1) is 16.5. The average molecular weight is 442 g/mol. The van der Waals surface area contributed by atoms with Crippen molar-refractivity contribution in [3.8, 4) is 5.95 Å². The quantitative estimate of drug-likeness (QED) is 0.260. The Morgan fingerprint density at radius 3 is 2.21 bits per heavy atom. The van der Waals surface area contributed by atoms with E-state index in [-0.39, 0.29) is 5.41 Å². The second-order valence-electron chi connectivity index (χ2n) is 9.93. The fourth-order valence-corrected chi connectivity index (χ4v) is 5.14. The minimum atomic E-state index is -0.213. The smallest absolute Gasteiger partial charge is 0.235 e. The molecule has 0 spiro atoms. The average Bonchev–Trinajstić information content (AvgIpc) is 3.38. The summed E-state index contributed by atoms with van der Waals surface area (Å²) in [6.07, 6.45) is 0. The molecule has 4 nitrogen and oxygen atoms in total. The van der Waals surface area contributed by atoms with Gasteiger partial charge in [0.25, 0.3) is 0 Å². The van der Waals surface area contributed by atoms with Crippen LogP contribution in [0.25, 0.3) is 60.6 Å². The van der Waals surface area contributed by atoms with E-state index in [1.165, 1.54) is 21.5 Å². The first-order valence-electron chi connectivity index (χ1n) is 11.6. The number of furan rings is 1. The van der Waals surface area contributed by atoms with E-state index >= 15 is 0 Å². The number of para-hydroxylation sites is 2. The van der Waals surface area contributed by atoms with E-state index in [4.69, 9.17) is 14.4 Å². The summed E-state index contributed by atoms with van der Waals surface area (Å²) in [6, 6.07) is 29.5. The number of hydrogen-bond acceptors (Lipinski definition) is 3. The summed E-state index contributed by atoms with van der Waals surface area (Å²) in [4.78, 5) is 10.3. The Labute approximate surface area is 196 Å². The van der Waals surface area contributed by atoms with Gasteiger partial charge in [0.15, 0.2) is 5.58 Å². The van der Waals surface area contributed by atoms with E-state index in [2.05, 4.69) is 92.1 Å². The third-order valence-corrected chi connectivity index (χ3v) is 6.68. The zero-order valence-corrected chi connectivity index (χ0v) is 19.3. The van der Waals surface area contributed by atoms with Gasteiger partial charge in [-0.25, -0.2) is 9.97 Å². The minimum absolute atomic E-state index is 0.213. The van der Waals surface area contributed by atoms with Crippen molar-refractivity contribution in [3.05, 3.63) is 90.6 Å². The molecule has 4 heteroatoms. The minimum Gasteiger partial charge on any atom is -0.452 e. The van der Waals surface area contributed by atoms with Crippen molar-refractivity contribution in [1.82, 2.24) is 14.5 Å². The van der Waals surface area contributed by atoms with Crippen LogP contribution in [0.4, 0.5) is 0 Å². The van der Waals surface area contributed by atoms with E-state index in [0.717, 1.165) is 38.8 Å². The molecule has 0 amide bonds. The van der Waals surface area contributed by atoms with E-state index < -0.39 is 0 Å². The molecular formula is C30H23N3O. The van der Waals surface area contributed by atoms with Crippen molar-refractivity contribution in [2.45, 2.75) is 26.2 Å². The molecule has 164 valence electrons. The summed E-state index contributed by atoms with van der Waals surface area (Å²) in [6.45, 7) is 6.52. The van der Waals surface area contributed by atoms with E-state index in [0.29, 0.717) is 5.95 Å². The standard InChI is InChI=1S/C30H23N3O/c1-30(2,3)28-27-26(21-13-7-9-15-24(21)34-27)31-29(32-28)33-22-14-8-6-12-20(22)25-19-11-5-4-10-18(19)16-17-23(25)33/h4-17H,1-3H3. The van der Waals surface area contributed by atoms with Gasteiger partial charge in [-0.3, -0.25) is 4.57 Å². The van der Waals surface area contributed by atoms with Gasteiger partial charge in [0, 0.05) is 21.6 Å². The molecule has 0 unspecified atom stereocenters. The Morgan fingerprint density at radius 2 is 1.38 bits per heavy atom. The van der Waals surface area contributed by atoms with Gasteiger partial charge in [-0.2, -0.15) is 0 Å². The second kappa shape index (κ2) is 6.67. The van der Waals surface area contributed by atoms with Crippen molar-refractivity contribution in [2.24, 2.45) is 0 Å². The Kier molecular flexibility index (Phi) is 3.79. The van der Waals surface area contributed by atoms with Crippen molar-refractivity contribution < 1.29 is 4.42 Å². The molecule has 0 atom stereocenters. The number of aromatic nitrogens is 3. The molecule has 0 radical (unpaired) electrons. The van der Waals surface area contributed by atoms with Crippen LogP contribution in [0.3, 0.4) is 0 Å². The highest BCUT2D eigenvalue weighted by molar-refractivity contribution is 6.21. The molecule has 7 rings (SSSR count). The van der Waals surface area contributed by atoms with E-state index in [1.807, 2.05) is 18.2 Å². The molecule has 0 N–H and O–H groups in total. The molecule has 0 aliphatic carbocycles. The van der Waals surface area contributed by atoms with Crippen molar-refractivity contribution in [3.63, 3.8) is 0 Å². The summed E-state index contributed by atoms with van der Waals surface area (Å²) in [5.74, 6) is 0.672. The fourth-order valence-electron chi connectivity index (χ4n) is 5.14. The summed E-state index contributed by atoms with van der Waals surface area (Å²) in [5.41, 5.74) is 5.36. The zero-order chi connectivity index (χ0) is 23.0. The molecule has 34 heavy (non-hydrogen) atoms. The Balaban J connectivity index is 1.68. The summed E-state index contributed by atoms with van der Waals surface area (Å²) < 4.78 is 8.48. The van der Waals surface area contributed by atoms with E-state index in [9.17, 15) is 0 Å². The normalized spacial score (nSPS) is 12.6. The highest BCUT2D eigenvalue weighted by Gasteiger charge is 2.26. The molecule has 0 saturated heterocycles. The lowest BCUT2D eigenvalue weighted by molar-refractivity contribution is 0.550. The van der Waals surface area contributed by atoms with Crippen LogP contribution in [0, 0.1) is 0 Å². The topological polar surface area (TPSA) is 43.9 Å². The number of hydrogen-bond donors (Lipinski definition) is 0. The fraction of sp³-hybridized carbons (Fsp3) is 0.133. The van der Waals surface area contributed by atoms with Crippen LogP contribution in [-0.4, -0.2) is 14.5 Å². The molecule has 4 aromatic carbocycles. The maximum absolute atomic E-state index is 6.28. The third kappa shape index (κ3) is 2.59. The highest BCUT2D eigenvalue weighted by Crippen LogP contribution is 2.39. The van der Waals surface area contributed by atoms with Gasteiger partial charge in [-0.05, 0) is 35.0 Å².